The number of aromatic hydroxyl groups is 1. The van der Waals surface area contributed by atoms with Crippen LogP contribution in [-0.2, 0) is 6.54 Å². The van der Waals surface area contributed by atoms with Crippen molar-refractivity contribution in [1.29, 1.82) is 0 Å². The first kappa shape index (κ1) is 43.3. The number of rotatable bonds is 12. The molecule has 9 nitrogen and oxygen atoms in total. The lowest BCUT2D eigenvalue weighted by Crippen LogP contribution is -2.41. The number of para-hydroxylation sites is 2. The number of carbonyl (C=O) groups excluding carboxylic acids is 1. The van der Waals surface area contributed by atoms with Gasteiger partial charge in [0.25, 0.3) is 5.91 Å². The van der Waals surface area contributed by atoms with Gasteiger partial charge in [0.2, 0.25) is 0 Å². The van der Waals surface area contributed by atoms with Gasteiger partial charge in [0.1, 0.15) is 11.5 Å². The summed E-state index contributed by atoms with van der Waals surface area (Å²) < 4.78 is 44.9. The van der Waals surface area contributed by atoms with E-state index >= 15 is 0 Å². The molecule has 2 aromatic heterocycles. The van der Waals surface area contributed by atoms with Crippen LogP contribution in [0.25, 0.3) is 49.4 Å². The molecule has 0 bridgehead atoms. The number of nitrogens with one attached hydrogen (secondary N) is 1. The fourth-order valence-electron chi connectivity index (χ4n) is 9.61. The molecule has 6 aromatic carbocycles. The van der Waals surface area contributed by atoms with Gasteiger partial charge < -0.3 is 25.0 Å². The third-order valence-corrected chi connectivity index (χ3v) is 14.2. The zero-order chi connectivity index (χ0) is 45.2. The number of hydrogen-bond acceptors (Lipinski definition) is 8. The second kappa shape index (κ2) is 18.7. The van der Waals surface area contributed by atoms with Crippen molar-refractivity contribution in [3.63, 3.8) is 0 Å². The molecule has 10 rings (SSSR count). The van der Waals surface area contributed by atoms with Crippen LogP contribution in [0.5, 0.6) is 11.5 Å². The van der Waals surface area contributed by atoms with Gasteiger partial charge in [0.05, 0.1) is 28.8 Å². The van der Waals surface area contributed by atoms with Gasteiger partial charge in [-0.1, -0.05) is 103 Å². The summed E-state index contributed by atoms with van der Waals surface area (Å²) >= 11 is 1.69. The summed E-state index contributed by atoms with van der Waals surface area (Å²) in [6, 6.07) is 44.5. The van der Waals surface area contributed by atoms with Crippen LogP contribution >= 0.6 is 11.8 Å². The third kappa shape index (κ3) is 9.54. The summed E-state index contributed by atoms with van der Waals surface area (Å²) in [5, 5.41) is 21.6. The number of halogens is 3. The van der Waals surface area contributed by atoms with E-state index in [4.69, 9.17) is 10.1 Å². The Morgan fingerprint density at radius 1 is 0.758 bits per heavy atom. The molecular formula is C53H49F3N6O3S. The normalized spacial score (nSPS) is 15.5. The first-order valence-electron chi connectivity index (χ1n) is 22.5. The van der Waals surface area contributed by atoms with Crippen LogP contribution in [0, 0.1) is 11.8 Å². The fraction of sp³-hybridized carbons (Fsp3) is 0.264. The van der Waals surface area contributed by atoms with Crippen LogP contribution in [0.2, 0.25) is 0 Å². The smallest absolute Gasteiger partial charge is 0.508 e. The van der Waals surface area contributed by atoms with Crippen LogP contribution in [0.4, 0.5) is 18.9 Å². The highest BCUT2D eigenvalue weighted by molar-refractivity contribution is 7.99. The molecule has 0 aliphatic carbocycles. The van der Waals surface area contributed by atoms with Gasteiger partial charge >= 0.3 is 6.36 Å². The number of fused-ring (bicyclic) bond motifs is 4. The summed E-state index contributed by atoms with van der Waals surface area (Å²) in [6.45, 7) is 5.38. The summed E-state index contributed by atoms with van der Waals surface area (Å²) in [5.41, 5.74) is 7.99. The van der Waals surface area contributed by atoms with E-state index in [9.17, 15) is 23.1 Å². The molecule has 0 spiro atoms. The zero-order valence-electron chi connectivity index (χ0n) is 36.3. The lowest BCUT2D eigenvalue weighted by Gasteiger charge is -2.38. The predicted octanol–water partition coefficient (Wildman–Crippen LogP) is 11.6. The molecule has 2 aliphatic heterocycles. The number of alkyl halides is 3. The SMILES string of the molecule is O=C(NCc1cc2c3ccccc3nc(SCC3CCN(CC4CCN(c5ccc(-c6c(-c7ccccc7)ccc7cc(O)ccc67)cc5)CC4)CC3)n2n1)c1ccccc1OC(F)(F)F. The summed E-state index contributed by atoms with van der Waals surface area (Å²) in [5.74, 6) is 1.14. The zero-order valence-corrected chi connectivity index (χ0v) is 37.1. The van der Waals surface area contributed by atoms with Gasteiger partial charge in [-0.15, -0.1) is 13.2 Å². The Hall–Kier alpha value is -6.57. The van der Waals surface area contributed by atoms with Crippen molar-refractivity contribution in [2.24, 2.45) is 11.8 Å². The Morgan fingerprint density at radius 2 is 1.48 bits per heavy atom. The highest BCUT2D eigenvalue weighted by Gasteiger charge is 2.33. The molecule has 4 heterocycles. The summed E-state index contributed by atoms with van der Waals surface area (Å²) in [6.07, 6.45) is -0.345. The van der Waals surface area contributed by atoms with Crippen molar-refractivity contribution in [3.8, 4) is 33.8 Å². The minimum atomic E-state index is -4.92. The molecule has 2 saturated heterocycles. The number of piperidine rings is 2. The Balaban J connectivity index is 0.730. The minimum absolute atomic E-state index is 0.0144. The van der Waals surface area contributed by atoms with E-state index in [0.29, 0.717) is 17.5 Å². The number of phenols is 1. The molecular weight excluding hydrogens is 858 g/mol. The maximum Gasteiger partial charge on any atom is 0.573 e. The number of carbonyl (C=O) groups is 1. The minimum Gasteiger partial charge on any atom is -0.508 e. The van der Waals surface area contributed by atoms with E-state index in [0.717, 1.165) is 95.3 Å². The molecule has 0 radical (unpaired) electrons. The van der Waals surface area contributed by atoms with E-state index < -0.39 is 18.0 Å². The molecule has 2 fully saturated rings. The highest BCUT2D eigenvalue weighted by Crippen LogP contribution is 2.40. The number of anilines is 1. The monoisotopic (exact) mass is 906 g/mol. The molecule has 2 aliphatic rings. The molecule has 0 atom stereocenters. The summed E-state index contributed by atoms with van der Waals surface area (Å²) in [4.78, 5) is 23.2. The molecule has 8 aromatic rings. The Labute approximate surface area is 385 Å². The number of hydrogen-bond donors (Lipinski definition) is 2. The molecule has 1 amide bonds. The fourth-order valence-corrected chi connectivity index (χ4v) is 10.8. The molecule has 336 valence electrons. The number of thioether (sulfide) groups is 1. The number of aromatic nitrogens is 3. The maximum atomic E-state index is 13.0. The van der Waals surface area contributed by atoms with Crippen LogP contribution in [0.1, 0.15) is 41.7 Å². The van der Waals surface area contributed by atoms with Crippen LogP contribution in [0.15, 0.2) is 145 Å². The molecule has 2 N–H and O–H groups in total. The standard InChI is InChI=1S/C53H49F3N6O3S/c54-53(55,56)65-49-13-7-5-11-46(49)51(64)57-32-40-31-48-45-10-4-6-12-47(45)58-52(62(48)59-40)66-34-36-22-26-60(27-23-36)33-35-24-28-61(29-25-35)41-17-14-38(15-18-41)50-43(37-8-2-1-3-9-37)20-16-39-30-42(63)19-21-44(39)50/h1-21,30-31,35-36,63H,22-29,32-34H2,(H,57,64). The molecule has 0 unspecified atom stereocenters. The Kier molecular flexibility index (Phi) is 12.3. The van der Waals surface area contributed by atoms with Crippen LogP contribution < -0.4 is 15.0 Å². The highest BCUT2D eigenvalue weighted by atomic mass is 32.2. The quantitative estimate of drug-likeness (QED) is 0.0925. The first-order chi connectivity index (χ1) is 32.1. The third-order valence-electron chi connectivity index (χ3n) is 13.0. The number of ether oxygens (including phenoxy) is 1. The summed E-state index contributed by atoms with van der Waals surface area (Å²) in [7, 11) is 0. The average molecular weight is 907 g/mol. The Bertz CT molecular complexity index is 3000. The van der Waals surface area contributed by atoms with Crippen molar-refractivity contribution in [2.75, 3.05) is 43.4 Å². The van der Waals surface area contributed by atoms with E-state index in [1.165, 1.54) is 53.4 Å². The Morgan fingerprint density at radius 3 is 2.27 bits per heavy atom. The second-order valence-corrected chi connectivity index (χ2v) is 18.3. The number of likely N-dealkylation sites (tertiary alicyclic amines) is 1. The first-order valence-corrected chi connectivity index (χ1v) is 23.5. The molecule has 66 heavy (non-hydrogen) atoms. The largest absolute Gasteiger partial charge is 0.573 e. The van der Waals surface area contributed by atoms with Crippen LogP contribution in [-0.4, -0.2) is 75.4 Å². The number of nitrogens with zero attached hydrogens (tertiary/aromatic N) is 5. The van der Waals surface area contributed by atoms with Crippen molar-refractivity contribution in [1.82, 2.24) is 24.8 Å². The molecule has 13 heteroatoms. The van der Waals surface area contributed by atoms with Crippen molar-refractivity contribution in [3.05, 3.63) is 151 Å². The van der Waals surface area contributed by atoms with Gasteiger partial charge in [0, 0.05) is 36.5 Å². The van der Waals surface area contributed by atoms with Gasteiger partial charge in [-0.3, -0.25) is 4.79 Å². The van der Waals surface area contributed by atoms with Crippen molar-refractivity contribution in [2.45, 2.75) is 43.7 Å². The van der Waals surface area contributed by atoms with Gasteiger partial charge in [0.15, 0.2) is 5.16 Å². The average Bonchev–Trinajstić information content (AvgIpc) is 3.78. The van der Waals surface area contributed by atoms with Gasteiger partial charge in [-0.2, -0.15) is 5.10 Å². The van der Waals surface area contributed by atoms with E-state index in [1.54, 1.807) is 17.8 Å². The van der Waals surface area contributed by atoms with Crippen molar-refractivity contribution >= 4 is 50.5 Å². The lowest BCUT2D eigenvalue weighted by molar-refractivity contribution is -0.274. The maximum absolute atomic E-state index is 13.0. The predicted molar refractivity (Wildman–Crippen MR) is 256 cm³/mol. The second-order valence-electron chi connectivity index (χ2n) is 17.4. The van der Waals surface area contributed by atoms with Crippen LogP contribution in [0.3, 0.4) is 0 Å². The van der Waals surface area contributed by atoms with E-state index in [2.05, 4.69) is 80.5 Å². The number of benzene rings is 6. The molecule has 0 saturated carbocycles. The van der Waals surface area contributed by atoms with E-state index in [-0.39, 0.29) is 17.9 Å². The number of amides is 1. The topological polar surface area (TPSA) is 95.2 Å². The van der Waals surface area contributed by atoms with Gasteiger partial charge in [-0.25, -0.2) is 9.50 Å². The number of phenolic OH excluding ortho intramolecular Hbond substituents is 1. The van der Waals surface area contributed by atoms with Crippen molar-refractivity contribution < 1.29 is 27.8 Å². The van der Waals surface area contributed by atoms with Gasteiger partial charge in [-0.05, 0) is 132 Å². The lowest BCUT2D eigenvalue weighted by atomic mass is 9.89. The van der Waals surface area contributed by atoms with E-state index in [1.807, 2.05) is 53.0 Å².